The van der Waals surface area contributed by atoms with Crippen LogP contribution in [0.15, 0.2) is 61.4 Å². The van der Waals surface area contributed by atoms with E-state index in [1.54, 1.807) is 0 Å². The highest BCUT2D eigenvalue weighted by atomic mass is 16.5. The first-order valence-corrected chi connectivity index (χ1v) is 6.16. The number of esters is 1. The van der Waals surface area contributed by atoms with E-state index in [2.05, 4.69) is 59.8 Å². The summed E-state index contributed by atoms with van der Waals surface area (Å²) >= 11 is 0. The summed E-state index contributed by atoms with van der Waals surface area (Å²) in [6.45, 7) is 4.48. The molecule has 1 aliphatic rings. The van der Waals surface area contributed by atoms with Crippen molar-refractivity contribution in [2.75, 3.05) is 0 Å². The predicted octanol–water partition coefficient (Wildman–Crippen LogP) is 3.95. The molecule has 0 amide bonds. The maximum absolute atomic E-state index is 9.75. The Morgan fingerprint density at radius 2 is 1.53 bits per heavy atom. The van der Waals surface area contributed by atoms with Crippen LogP contribution < -0.4 is 0 Å². The number of hydrogen-bond acceptors (Lipinski definition) is 2. The van der Waals surface area contributed by atoms with Gasteiger partial charge in [0.15, 0.2) is 0 Å². The van der Waals surface area contributed by atoms with Crippen LogP contribution in [0, 0.1) is 0 Å². The van der Waals surface area contributed by atoms with Crippen molar-refractivity contribution in [1.82, 2.24) is 0 Å². The number of benzene rings is 2. The van der Waals surface area contributed by atoms with E-state index in [0.29, 0.717) is 0 Å². The second-order valence-electron chi connectivity index (χ2n) is 4.27. The molecule has 3 rings (SSSR count). The molecule has 0 aromatic heterocycles. The van der Waals surface area contributed by atoms with Gasteiger partial charge in [0.25, 0.3) is 0 Å². The SMILES string of the molecule is C=COC(C)=O.c1ccc2c(c1)Cc1ccccc1-2. The van der Waals surface area contributed by atoms with Gasteiger partial charge >= 0.3 is 5.97 Å². The molecule has 19 heavy (non-hydrogen) atoms. The Bertz CT molecular complexity index is 556. The van der Waals surface area contributed by atoms with Gasteiger partial charge in [-0.2, -0.15) is 0 Å². The van der Waals surface area contributed by atoms with Gasteiger partial charge in [0.2, 0.25) is 0 Å². The van der Waals surface area contributed by atoms with Crippen LogP contribution in [-0.4, -0.2) is 5.97 Å². The van der Waals surface area contributed by atoms with E-state index in [0.717, 1.165) is 12.7 Å². The van der Waals surface area contributed by atoms with Crippen molar-refractivity contribution < 1.29 is 9.53 Å². The molecule has 0 radical (unpaired) electrons. The normalized spacial score (nSPS) is 10.6. The molecule has 2 nitrogen and oxygen atoms in total. The molecule has 0 saturated heterocycles. The lowest BCUT2D eigenvalue weighted by molar-refractivity contribution is -0.135. The van der Waals surface area contributed by atoms with Crippen LogP contribution in [0.4, 0.5) is 0 Å². The van der Waals surface area contributed by atoms with Gasteiger partial charge in [-0.15, -0.1) is 0 Å². The smallest absolute Gasteiger partial charge is 0.307 e. The summed E-state index contributed by atoms with van der Waals surface area (Å²) in [5.74, 6) is -0.329. The standard InChI is InChI=1S/C13H10.C4H6O2/c1-3-7-12-10(5-1)9-11-6-2-4-8-13(11)12;1-3-6-4(2)5/h1-8H,9H2;3H,1H2,2H3. The largest absolute Gasteiger partial charge is 0.435 e. The lowest BCUT2D eigenvalue weighted by Crippen LogP contribution is -1.87. The second kappa shape index (κ2) is 6.01. The van der Waals surface area contributed by atoms with Crippen molar-refractivity contribution in [1.29, 1.82) is 0 Å². The zero-order chi connectivity index (χ0) is 13.7. The molecule has 0 fully saturated rings. The zero-order valence-corrected chi connectivity index (χ0v) is 10.9. The van der Waals surface area contributed by atoms with E-state index >= 15 is 0 Å². The van der Waals surface area contributed by atoms with Crippen molar-refractivity contribution in [3.05, 3.63) is 72.5 Å². The summed E-state index contributed by atoms with van der Waals surface area (Å²) in [6, 6.07) is 17.3. The lowest BCUT2D eigenvalue weighted by Gasteiger charge is -1.98. The quantitative estimate of drug-likeness (QED) is 0.484. The van der Waals surface area contributed by atoms with E-state index in [1.807, 2.05) is 0 Å². The first kappa shape index (κ1) is 13.1. The Balaban J connectivity index is 0.000000192. The first-order valence-electron chi connectivity index (χ1n) is 6.16. The van der Waals surface area contributed by atoms with Crippen molar-refractivity contribution in [2.24, 2.45) is 0 Å². The number of ether oxygens (including phenoxy) is 1. The molecule has 0 heterocycles. The van der Waals surface area contributed by atoms with E-state index in [1.165, 1.54) is 29.2 Å². The fourth-order valence-electron chi connectivity index (χ4n) is 2.20. The molecule has 0 saturated carbocycles. The van der Waals surface area contributed by atoms with Gasteiger partial charge in [-0.25, -0.2) is 0 Å². The van der Waals surface area contributed by atoms with Crippen LogP contribution >= 0.6 is 0 Å². The van der Waals surface area contributed by atoms with Gasteiger partial charge in [-0.1, -0.05) is 55.1 Å². The third-order valence-electron chi connectivity index (χ3n) is 2.96. The molecule has 0 bridgehead atoms. The van der Waals surface area contributed by atoms with Crippen LogP contribution in [0.25, 0.3) is 11.1 Å². The van der Waals surface area contributed by atoms with Crippen LogP contribution in [0.1, 0.15) is 18.1 Å². The monoisotopic (exact) mass is 252 g/mol. The molecular formula is C17H16O2. The average molecular weight is 252 g/mol. The van der Waals surface area contributed by atoms with Crippen LogP contribution in [0.3, 0.4) is 0 Å². The van der Waals surface area contributed by atoms with E-state index in [9.17, 15) is 4.79 Å². The molecule has 0 spiro atoms. The number of carbonyl (C=O) groups is 1. The van der Waals surface area contributed by atoms with Crippen LogP contribution in [0.2, 0.25) is 0 Å². The van der Waals surface area contributed by atoms with E-state index < -0.39 is 0 Å². The Hall–Kier alpha value is -2.35. The van der Waals surface area contributed by atoms with Gasteiger partial charge in [-0.3, -0.25) is 4.79 Å². The molecule has 2 aromatic rings. The molecule has 0 aliphatic heterocycles. The molecule has 0 atom stereocenters. The second-order valence-corrected chi connectivity index (χ2v) is 4.27. The number of rotatable bonds is 1. The predicted molar refractivity (Wildman–Crippen MR) is 76.6 cm³/mol. The molecule has 96 valence electrons. The lowest BCUT2D eigenvalue weighted by atomic mass is 10.1. The maximum atomic E-state index is 9.75. The first-order chi connectivity index (χ1) is 9.22. The average Bonchev–Trinajstić information content (AvgIpc) is 2.78. The van der Waals surface area contributed by atoms with Crippen LogP contribution in [-0.2, 0) is 16.0 Å². The fourth-order valence-corrected chi connectivity index (χ4v) is 2.20. The summed E-state index contributed by atoms with van der Waals surface area (Å²) in [6.07, 6.45) is 2.20. The molecule has 2 aromatic carbocycles. The highest BCUT2D eigenvalue weighted by molar-refractivity contribution is 5.76. The van der Waals surface area contributed by atoms with Gasteiger partial charge in [0.05, 0.1) is 6.26 Å². The number of fused-ring (bicyclic) bond motifs is 3. The van der Waals surface area contributed by atoms with Crippen LogP contribution in [0.5, 0.6) is 0 Å². The molecule has 1 aliphatic carbocycles. The topological polar surface area (TPSA) is 26.3 Å². The van der Waals surface area contributed by atoms with Crippen molar-refractivity contribution in [2.45, 2.75) is 13.3 Å². The van der Waals surface area contributed by atoms with Crippen molar-refractivity contribution in [3.8, 4) is 11.1 Å². The summed E-state index contributed by atoms with van der Waals surface area (Å²) in [5.41, 5.74) is 5.75. The maximum Gasteiger partial charge on any atom is 0.307 e. The summed E-state index contributed by atoms with van der Waals surface area (Å²) in [5, 5.41) is 0. The highest BCUT2D eigenvalue weighted by Gasteiger charge is 2.15. The summed E-state index contributed by atoms with van der Waals surface area (Å²) in [7, 11) is 0. The Labute approximate surface area is 113 Å². The van der Waals surface area contributed by atoms with Gasteiger partial charge in [-0.05, 0) is 28.7 Å². The molecule has 0 unspecified atom stereocenters. The minimum atomic E-state index is -0.329. The third kappa shape index (κ3) is 3.10. The number of hydrogen-bond donors (Lipinski definition) is 0. The Kier molecular flexibility index (Phi) is 4.14. The Morgan fingerprint density at radius 1 is 1.05 bits per heavy atom. The van der Waals surface area contributed by atoms with Gasteiger partial charge in [0, 0.05) is 6.92 Å². The van der Waals surface area contributed by atoms with E-state index in [4.69, 9.17) is 0 Å². The van der Waals surface area contributed by atoms with Crippen molar-refractivity contribution >= 4 is 5.97 Å². The minimum Gasteiger partial charge on any atom is -0.435 e. The van der Waals surface area contributed by atoms with Gasteiger partial charge in [0.1, 0.15) is 0 Å². The summed E-state index contributed by atoms with van der Waals surface area (Å²) < 4.78 is 4.17. The number of carbonyl (C=O) groups excluding carboxylic acids is 1. The highest BCUT2D eigenvalue weighted by Crippen LogP contribution is 2.35. The molecule has 0 N–H and O–H groups in total. The zero-order valence-electron chi connectivity index (χ0n) is 10.9. The third-order valence-corrected chi connectivity index (χ3v) is 2.96. The Morgan fingerprint density at radius 3 is 1.89 bits per heavy atom. The van der Waals surface area contributed by atoms with Crippen molar-refractivity contribution in [3.63, 3.8) is 0 Å². The van der Waals surface area contributed by atoms with Gasteiger partial charge < -0.3 is 4.74 Å². The molecular weight excluding hydrogens is 236 g/mol. The summed E-state index contributed by atoms with van der Waals surface area (Å²) in [4.78, 5) is 9.75. The fraction of sp³-hybridized carbons (Fsp3) is 0.118. The minimum absolute atomic E-state index is 0.329. The molecule has 2 heteroatoms. The van der Waals surface area contributed by atoms with E-state index in [-0.39, 0.29) is 5.97 Å².